The highest BCUT2D eigenvalue weighted by Crippen LogP contribution is 2.42. The van der Waals surface area contributed by atoms with E-state index in [1.165, 1.54) is 14.0 Å². The van der Waals surface area contributed by atoms with Gasteiger partial charge in [0.25, 0.3) is 0 Å². The predicted molar refractivity (Wildman–Crippen MR) is 103 cm³/mol. The van der Waals surface area contributed by atoms with Crippen molar-refractivity contribution < 1.29 is 19.1 Å². The van der Waals surface area contributed by atoms with E-state index >= 15 is 0 Å². The zero-order chi connectivity index (χ0) is 19.4. The van der Waals surface area contributed by atoms with Gasteiger partial charge in [0.15, 0.2) is 5.75 Å². The minimum atomic E-state index is -1.02. The van der Waals surface area contributed by atoms with Crippen molar-refractivity contribution in [2.75, 3.05) is 7.11 Å². The number of benzene rings is 2. The van der Waals surface area contributed by atoms with Crippen molar-refractivity contribution in [3.8, 4) is 5.75 Å². The fraction of sp³-hybridized carbons (Fsp3) is 0.227. The molecule has 0 spiro atoms. The van der Waals surface area contributed by atoms with Crippen LogP contribution in [0, 0.1) is 0 Å². The molecule has 0 fully saturated rings. The molecule has 3 rings (SSSR count). The minimum absolute atomic E-state index is 0.349. The third-order valence-electron chi connectivity index (χ3n) is 4.52. The smallest absolute Gasteiger partial charge is 0.322 e. The predicted octanol–water partition coefficient (Wildman–Crippen LogP) is 4.15. The second kappa shape index (κ2) is 7.58. The molecule has 0 heterocycles. The van der Waals surface area contributed by atoms with Crippen LogP contribution in [0.1, 0.15) is 25.8 Å². The largest absolute Gasteiger partial charge is 0.468 e. The van der Waals surface area contributed by atoms with Crippen molar-refractivity contribution in [3.63, 3.8) is 0 Å². The number of esters is 2. The molecule has 1 unspecified atom stereocenters. The number of aliphatic imine (C=N–C) groups is 1. The number of ether oxygens (including phenoxy) is 2. The summed E-state index contributed by atoms with van der Waals surface area (Å²) in [5.41, 5.74) is 1.86. The van der Waals surface area contributed by atoms with Crippen molar-refractivity contribution in [2.45, 2.75) is 25.7 Å². The zero-order valence-corrected chi connectivity index (χ0v) is 15.6. The van der Waals surface area contributed by atoms with Gasteiger partial charge >= 0.3 is 11.9 Å². The first-order valence-corrected chi connectivity index (χ1v) is 8.65. The summed E-state index contributed by atoms with van der Waals surface area (Å²) in [6.07, 6.45) is 2.38. The normalized spacial score (nSPS) is 20.3. The maximum Gasteiger partial charge on any atom is 0.322 e. The number of allylic oxidation sites excluding steroid dienone is 2. The average molecular weight is 363 g/mol. The number of rotatable bonds is 4. The summed E-state index contributed by atoms with van der Waals surface area (Å²) in [6.45, 7) is 3.30. The van der Waals surface area contributed by atoms with E-state index in [0.717, 1.165) is 11.1 Å². The first kappa shape index (κ1) is 18.6. The maximum absolute atomic E-state index is 12.9. The summed E-state index contributed by atoms with van der Waals surface area (Å²) in [5, 5.41) is 0. The summed E-state index contributed by atoms with van der Waals surface area (Å²) < 4.78 is 10.4. The van der Waals surface area contributed by atoms with Gasteiger partial charge in [0.2, 0.25) is 0 Å². The van der Waals surface area contributed by atoms with Crippen molar-refractivity contribution in [1.29, 1.82) is 0 Å². The Morgan fingerprint density at radius 1 is 1.04 bits per heavy atom. The van der Waals surface area contributed by atoms with Gasteiger partial charge in [-0.2, -0.15) is 0 Å². The molecular weight excluding hydrogens is 342 g/mol. The number of hydrogen-bond acceptors (Lipinski definition) is 5. The Bertz CT molecular complexity index is 930. The Morgan fingerprint density at radius 3 is 2.37 bits per heavy atom. The number of nitrogens with zero attached hydrogens (tertiary/aromatic N) is 1. The van der Waals surface area contributed by atoms with E-state index in [2.05, 4.69) is 0 Å². The molecule has 0 N–H and O–H groups in total. The first-order valence-electron chi connectivity index (χ1n) is 8.65. The zero-order valence-electron chi connectivity index (χ0n) is 15.6. The summed E-state index contributed by atoms with van der Waals surface area (Å²) in [5.74, 6) is -0.448. The number of hydrogen-bond donors (Lipinski definition) is 0. The van der Waals surface area contributed by atoms with Gasteiger partial charge in [0.05, 0.1) is 12.8 Å². The molecule has 0 bridgehead atoms. The van der Waals surface area contributed by atoms with Gasteiger partial charge in [-0.1, -0.05) is 48.0 Å². The van der Waals surface area contributed by atoms with E-state index in [1.54, 1.807) is 24.3 Å². The SMILES string of the molecule is COC(=O)C1(c2ccccc2)CC(C)=CC1=Nc1ccccc1OC(C)=O. The highest BCUT2D eigenvalue weighted by molar-refractivity contribution is 6.20. The number of carbonyl (C=O) groups excluding carboxylic acids is 2. The third kappa shape index (κ3) is 3.53. The number of para-hydroxylation sites is 2. The van der Waals surface area contributed by atoms with Crippen LogP contribution in [0.2, 0.25) is 0 Å². The van der Waals surface area contributed by atoms with Gasteiger partial charge < -0.3 is 9.47 Å². The molecule has 1 aliphatic rings. The van der Waals surface area contributed by atoms with Gasteiger partial charge in [-0.3, -0.25) is 9.59 Å². The first-order chi connectivity index (χ1) is 13.0. The van der Waals surface area contributed by atoms with E-state index in [4.69, 9.17) is 14.5 Å². The van der Waals surface area contributed by atoms with E-state index < -0.39 is 11.4 Å². The second-order valence-electron chi connectivity index (χ2n) is 6.49. The van der Waals surface area contributed by atoms with Crippen LogP contribution in [0.5, 0.6) is 5.75 Å². The quantitative estimate of drug-likeness (QED) is 0.605. The lowest BCUT2D eigenvalue weighted by Gasteiger charge is -2.28. The Labute approximate surface area is 158 Å². The molecule has 2 aromatic rings. The van der Waals surface area contributed by atoms with Crippen molar-refractivity contribution in [2.24, 2.45) is 4.99 Å². The average Bonchev–Trinajstić information content (AvgIpc) is 3.00. The lowest BCUT2D eigenvalue weighted by Crippen LogP contribution is -2.41. The summed E-state index contributed by atoms with van der Waals surface area (Å²) in [4.78, 5) is 29.0. The Morgan fingerprint density at radius 2 is 1.70 bits per heavy atom. The van der Waals surface area contributed by atoms with Crippen LogP contribution in [0.4, 0.5) is 5.69 Å². The van der Waals surface area contributed by atoms with E-state index in [-0.39, 0.29) is 5.97 Å². The van der Waals surface area contributed by atoms with Crippen molar-refractivity contribution in [3.05, 3.63) is 71.8 Å². The van der Waals surface area contributed by atoms with E-state index in [9.17, 15) is 9.59 Å². The van der Waals surface area contributed by atoms with Crippen LogP contribution in [0.3, 0.4) is 0 Å². The minimum Gasteiger partial charge on any atom is -0.468 e. The van der Waals surface area contributed by atoms with Gasteiger partial charge in [0, 0.05) is 6.92 Å². The Kier molecular flexibility index (Phi) is 5.21. The lowest BCUT2D eigenvalue weighted by molar-refractivity contribution is -0.144. The van der Waals surface area contributed by atoms with Crippen LogP contribution in [0.15, 0.2) is 71.2 Å². The molecule has 0 aliphatic heterocycles. The molecular formula is C22H21NO4. The van der Waals surface area contributed by atoms with Crippen LogP contribution in [0.25, 0.3) is 0 Å². The van der Waals surface area contributed by atoms with Gasteiger partial charge in [-0.25, -0.2) is 4.99 Å². The monoisotopic (exact) mass is 363 g/mol. The van der Waals surface area contributed by atoms with Crippen LogP contribution in [-0.4, -0.2) is 24.8 Å². The van der Waals surface area contributed by atoms with Gasteiger partial charge in [0.1, 0.15) is 11.1 Å². The van der Waals surface area contributed by atoms with Crippen molar-refractivity contribution in [1.82, 2.24) is 0 Å². The molecule has 5 heteroatoms. The molecule has 0 radical (unpaired) electrons. The fourth-order valence-corrected chi connectivity index (χ4v) is 3.41. The topological polar surface area (TPSA) is 65.0 Å². The van der Waals surface area contributed by atoms with Crippen LogP contribution < -0.4 is 4.74 Å². The third-order valence-corrected chi connectivity index (χ3v) is 4.52. The molecule has 0 aromatic heterocycles. The molecule has 2 aromatic carbocycles. The number of methoxy groups -OCH3 is 1. The molecule has 0 amide bonds. The fourth-order valence-electron chi connectivity index (χ4n) is 3.41. The molecule has 0 saturated heterocycles. The van der Waals surface area contributed by atoms with Crippen LogP contribution >= 0.6 is 0 Å². The highest BCUT2D eigenvalue weighted by atomic mass is 16.5. The second-order valence-corrected chi connectivity index (χ2v) is 6.49. The Balaban J connectivity index is 2.19. The Hall–Kier alpha value is -3.21. The summed E-state index contributed by atoms with van der Waals surface area (Å²) >= 11 is 0. The molecule has 5 nitrogen and oxygen atoms in total. The standard InChI is InChI=1S/C22H21NO4/c1-15-13-20(23-18-11-7-8-12-19(18)27-16(2)24)22(14-15,21(25)26-3)17-9-5-4-6-10-17/h4-13H,14H2,1-3H3. The summed E-state index contributed by atoms with van der Waals surface area (Å²) in [7, 11) is 1.38. The van der Waals surface area contributed by atoms with Gasteiger partial charge in [-0.15, -0.1) is 0 Å². The molecule has 1 aliphatic carbocycles. The molecule has 1 atom stereocenters. The van der Waals surface area contributed by atoms with Crippen LogP contribution in [-0.2, 0) is 19.7 Å². The molecule has 0 saturated carbocycles. The number of carbonyl (C=O) groups is 2. The lowest BCUT2D eigenvalue weighted by atomic mass is 9.76. The highest BCUT2D eigenvalue weighted by Gasteiger charge is 2.48. The van der Waals surface area contributed by atoms with Gasteiger partial charge in [-0.05, 0) is 37.1 Å². The summed E-state index contributed by atoms with van der Waals surface area (Å²) in [6, 6.07) is 16.5. The van der Waals surface area contributed by atoms with E-state index in [1.807, 2.05) is 43.3 Å². The maximum atomic E-state index is 12.9. The molecule has 138 valence electrons. The molecule has 27 heavy (non-hydrogen) atoms. The van der Waals surface area contributed by atoms with E-state index in [0.29, 0.717) is 23.6 Å². The van der Waals surface area contributed by atoms with Crippen molar-refractivity contribution >= 4 is 23.3 Å².